The number of urea groups is 1. The maximum Gasteiger partial charge on any atom is 0.329 e. The number of nitrogens with zero attached hydrogens (tertiary/aromatic N) is 1. The average molecular weight is 405 g/mol. The number of rotatable bonds is 8. The number of carbonyl (C=O) groups is 4. The average Bonchev–Trinajstić information content (AvgIpc) is 3.11. The van der Waals surface area contributed by atoms with E-state index in [1.807, 2.05) is 6.92 Å². The first-order valence-corrected chi connectivity index (χ1v) is 9.58. The van der Waals surface area contributed by atoms with E-state index in [0.29, 0.717) is 24.5 Å². The number of ether oxygens (including phenoxy) is 2. The van der Waals surface area contributed by atoms with Crippen molar-refractivity contribution in [3.8, 4) is 5.75 Å². The predicted molar refractivity (Wildman–Crippen MR) is 104 cm³/mol. The van der Waals surface area contributed by atoms with Gasteiger partial charge < -0.3 is 20.1 Å². The van der Waals surface area contributed by atoms with Crippen molar-refractivity contribution in [3.05, 3.63) is 29.8 Å². The molecule has 1 aromatic rings. The van der Waals surface area contributed by atoms with Gasteiger partial charge >= 0.3 is 12.0 Å². The van der Waals surface area contributed by atoms with E-state index in [4.69, 9.17) is 9.47 Å². The Labute approximate surface area is 169 Å². The lowest BCUT2D eigenvalue weighted by Gasteiger charge is -2.24. The van der Waals surface area contributed by atoms with Gasteiger partial charge in [0.05, 0.1) is 6.61 Å². The van der Waals surface area contributed by atoms with Gasteiger partial charge in [0.1, 0.15) is 11.8 Å². The minimum Gasteiger partial charge on any atom is -0.494 e. The molecule has 0 aromatic heterocycles. The monoisotopic (exact) mass is 405 g/mol. The summed E-state index contributed by atoms with van der Waals surface area (Å²) in [6.07, 6.45) is -1.14. The maximum absolute atomic E-state index is 12.6. The van der Waals surface area contributed by atoms with Crippen molar-refractivity contribution < 1.29 is 28.7 Å². The highest BCUT2D eigenvalue weighted by Crippen LogP contribution is 2.14. The third-order valence-electron chi connectivity index (χ3n) is 4.40. The molecule has 4 amide bonds. The van der Waals surface area contributed by atoms with Gasteiger partial charge in [-0.3, -0.25) is 14.5 Å². The fourth-order valence-corrected chi connectivity index (χ4v) is 2.79. The van der Waals surface area contributed by atoms with Crippen molar-refractivity contribution in [3.63, 3.8) is 0 Å². The highest BCUT2D eigenvalue weighted by Gasteiger charge is 2.34. The van der Waals surface area contributed by atoms with Gasteiger partial charge in [-0.15, -0.1) is 0 Å². The number of carbonyl (C=O) groups excluding carboxylic acids is 4. The van der Waals surface area contributed by atoms with E-state index in [1.54, 1.807) is 38.1 Å². The van der Waals surface area contributed by atoms with Crippen LogP contribution in [0.3, 0.4) is 0 Å². The SMILES string of the molecule is CCOc1ccc(C(=O)N[C@H](C(=O)O[C@@H](C)C(=O)N2CCNC2=O)C(C)C)cc1. The van der Waals surface area contributed by atoms with E-state index in [0.717, 1.165) is 4.90 Å². The van der Waals surface area contributed by atoms with E-state index in [-0.39, 0.29) is 12.5 Å². The first kappa shape index (κ1) is 22.2. The minimum atomic E-state index is -1.14. The first-order valence-electron chi connectivity index (χ1n) is 9.58. The standard InChI is InChI=1S/C20H27N3O6/c1-5-28-15-8-6-14(7-9-15)17(24)22-16(12(2)3)19(26)29-13(4)18(25)23-11-10-21-20(23)27/h6-9,12-13,16H,5,10-11H2,1-4H3,(H,21,27)(H,22,24)/t13-,16-/m0/s1. The van der Waals surface area contributed by atoms with E-state index in [1.165, 1.54) is 6.92 Å². The highest BCUT2D eigenvalue weighted by molar-refractivity contribution is 5.99. The van der Waals surface area contributed by atoms with Gasteiger partial charge in [0.15, 0.2) is 6.10 Å². The molecule has 2 atom stereocenters. The number of imide groups is 1. The molecule has 0 spiro atoms. The molecular weight excluding hydrogens is 378 g/mol. The van der Waals surface area contributed by atoms with Crippen molar-refractivity contribution in [2.75, 3.05) is 19.7 Å². The summed E-state index contributed by atoms with van der Waals surface area (Å²) in [5.74, 6) is -1.41. The molecular formula is C20H27N3O6. The lowest BCUT2D eigenvalue weighted by atomic mass is 10.0. The van der Waals surface area contributed by atoms with Crippen LogP contribution < -0.4 is 15.4 Å². The van der Waals surface area contributed by atoms with Gasteiger partial charge in [0.2, 0.25) is 0 Å². The van der Waals surface area contributed by atoms with Crippen LogP contribution in [0.15, 0.2) is 24.3 Å². The molecule has 158 valence electrons. The first-order chi connectivity index (χ1) is 13.7. The van der Waals surface area contributed by atoms with Crippen LogP contribution in [0, 0.1) is 5.92 Å². The molecule has 0 saturated carbocycles. The Balaban J connectivity index is 2.00. The molecule has 0 radical (unpaired) electrons. The molecule has 9 heteroatoms. The predicted octanol–water partition coefficient (Wildman–Crippen LogP) is 1.32. The number of amides is 4. The van der Waals surface area contributed by atoms with Crippen LogP contribution in [-0.2, 0) is 14.3 Å². The Morgan fingerprint density at radius 1 is 1.17 bits per heavy atom. The van der Waals surface area contributed by atoms with Crippen LogP contribution in [0.2, 0.25) is 0 Å². The van der Waals surface area contributed by atoms with Crippen LogP contribution in [-0.4, -0.2) is 60.6 Å². The molecule has 0 bridgehead atoms. The number of hydrogen-bond acceptors (Lipinski definition) is 6. The molecule has 0 aliphatic carbocycles. The second kappa shape index (κ2) is 9.90. The van der Waals surface area contributed by atoms with Crippen LogP contribution >= 0.6 is 0 Å². The molecule has 2 N–H and O–H groups in total. The molecule has 0 unspecified atom stereocenters. The molecule has 2 rings (SSSR count). The molecule has 1 fully saturated rings. The van der Waals surface area contributed by atoms with E-state index < -0.39 is 36.0 Å². The Morgan fingerprint density at radius 2 is 1.83 bits per heavy atom. The van der Waals surface area contributed by atoms with Crippen LogP contribution in [0.5, 0.6) is 5.75 Å². The van der Waals surface area contributed by atoms with Gasteiger partial charge in [0.25, 0.3) is 11.8 Å². The van der Waals surface area contributed by atoms with E-state index in [9.17, 15) is 19.2 Å². The van der Waals surface area contributed by atoms with Crippen molar-refractivity contribution in [2.24, 2.45) is 5.92 Å². The van der Waals surface area contributed by atoms with E-state index in [2.05, 4.69) is 10.6 Å². The zero-order valence-electron chi connectivity index (χ0n) is 17.1. The lowest BCUT2D eigenvalue weighted by molar-refractivity contribution is -0.160. The zero-order chi connectivity index (χ0) is 21.6. The summed E-state index contributed by atoms with van der Waals surface area (Å²) in [6, 6.07) is 5.08. The molecule has 9 nitrogen and oxygen atoms in total. The second-order valence-corrected chi connectivity index (χ2v) is 6.95. The summed E-state index contributed by atoms with van der Waals surface area (Å²) in [7, 11) is 0. The van der Waals surface area contributed by atoms with Gasteiger partial charge in [-0.2, -0.15) is 0 Å². The maximum atomic E-state index is 12.6. The van der Waals surface area contributed by atoms with Crippen LogP contribution in [0.1, 0.15) is 38.1 Å². The number of hydrogen-bond donors (Lipinski definition) is 2. The summed E-state index contributed by atoms with van der Waals surface area (Å²) in [4.78, 5) is 50.0. The zero-order valence-corrected chi connectivity index (χ0v) is 17.1. The molecule has 1 heterocycles. The highest BCUT2D eigenvalue weighted by atomic mass is 16.5. The van der Waals surface area contributed by atoms with Gasteiger partial charge in [-0.25, -0.2) is 9.59 Å². The summed E-state index contributed by atoms with van der Waals surface area (Å²) in [5.41, 5.74) is 0.366. The molecule has 1 aliphatic rings. The smallest absolute Gasteiger partial charge is 0.329 e. The molecule has 1 saturated heterocycles. The summed E-state index contributed by atoms with van der Waals surface area (Å²) in [5, 5.41) is 5.16. The molecule has 1 aliphatic heterocycles. The number of nitrogens with one attached hydrogen (secondary N) is 2. The Kier molecular flexibility index (Phi) is 7.58. The van der Waals surface area contributed by atoms with Crippen molar-refractivity contribution in [2.45, 2.75) is 39.8 Å². The van der Waals surface area contributed by atoms with Gasteiger partial charge in [-0.05, 0) is 44.0 Å². The van der Waals surface area contributed by atoms with Crippen LogP contribution in [0.4, 0.5) is 4.79 Å². The third-order valence-corrected chi connectivity index (χ3v) is 4.40. The van der Waals surface area contributed by atoms with Gasteiger partial charge in [-0.1, -0.05) is 13.8 Å². The van der Waals surface area contributed by atoms with Crippen LogP contribution in [0.25, 0.3) is 0 Å². The fraction of sp³-hybridized carbons (Fsp3) is 0.500. The second-order valence-electron chi connectivity index (χ2n) is 6.95. The Hall–Kier alpha value is -3.10. The fourth-order valence-electron chi connectivity index (χ4n) is 2.79. The third kappa shape index (κ3) is 5.69. The lowest BCUT2D eigenvalue weighted by Crippen LogP contribution is -2.48. The topological polar surface area (TPSA) is 114 Å². The summed E-state index contributed by atoms with van der Waals surface area (Å²) in [6.45, 7) is 7.87. The molecule has 1 aromatic carbocycles. The van der Waals surface area contributed by atoms with Gasteiger partial charge in [0, 0.05) is 18.7 Å². The largest absolute Gasteiger partial charge is 0.494 e. The Morgan fingerprint density at radius 3 is 2.34 bits per heavy atom. The number of benzene rings is 1. The number of esters is 1. The van der Waals surface area contributed by atoms with Crippen molar-refractivity contribution >= 4 is 23.8 Å². The van der Waals surface area contributed by atoms with E-state index >= 15 is 0 Å². The van der Waals surface area contributed by atoms with Crippen molar-refractivity contribution in [1.82, 2.24) is 15.5 Å². The Bertz CT molecular complexity index is 762. The summed E-state index contributed by atoms with van der Waals surface area (Å²) >= 11 is 0. The quantitative estimate of drug-likeness (QED) is 0.631. The minimum absolute atomic E-state index is 0.224. The summed E-state index contributed by atoms with van der Waals surface area (Å²) < 4.78 is 10.6. The van der Waals surface area contributed by atoms with Crippen molar-refractivity contribution in [1.29, 1.82) is 0 Å². The molecule has 29 heavy (non-hydrogen) atoms. The normalized spacial score (nSPS) is 15.5.